The molecule has 1 atom stereocenters. The van der Waals surface area contributed by atoms with Gasteiger partial charge in [-0.25, -0.2) is 8.78 Å². The second-order valence-electron chi connectivity index (χ2n) is 7.03. The molecule has 1 aromatic heterocycles. The molecule has 29 heavy (non-hydrogen) atoms. The third-order valence-electron chi connectivity index (χ3n) is 4.95. The van der Waals surface area contributed by atoms with E-state index in [-0.39, 0.29) is 35.9 Å². The lowest BCUT2D eigenvalue weighted by molar-refractivity contribution is 0.0482. The minimum atomic E-state index is -0.566. The molecule has 3 aromatic rings. The van der Waals surface area contributed by atoms with Crippen molar-refractivity contribution in [2.45, 2.75) is 25.5 Å². The fraction of sp³-hybridized carbons (Fsp3) is 0.273. The minimum Gasteiger partial charge on any atom is -0.451 e. The van der Waals surface area contributed by atoms with Crippen molar-refractivity contribution in [1.82, 2.24) is 4.90 Å². The fourth-order valence-corrected chi connectivity index (χ4v) is 3.48. The van der Waals surface area contributed by atoms with Gasteiger partial charge in [-0.2, -0.15) is 0 Å². The van der Waals surface area contributed by atoms with Crippen LogP contribution >= 0.6 is 0 Å². The molecule has 0 aliphatic carbocycles. The number of hydrogen-bond acceptors (Lipinski definition) is 4. The van der Waals surface area contributed by atoms with Crippen molar-refractivity contribution in [2.24, 2.45) is 0 Å². The maximum absolute atomic E-state index is 14.2. The van der Waals surface area contributed by atoms with Crippen LogP contribution in [-0.2, 0) is 11.3 Å². The number of carbonyl (C=O) groups is 1. The van der Waals surface area contributed by atoms with Crippen LogP contribution in [0.4, 0.5) is 8.78 Å². The lowest BCUT2D eigenvalue weighted by Gasteiger charge is -2.25. The highest BCUT2D eigenvalue weighted by Gasteiger charge is 2.26. The largest absolute Gasteiger partial charge is 0.451 e. The smallest absolute Gasteiger partial charge is 0.290 e. The van der Waals surface area contributed by atoms with Crippen molar-refractivity contribution < 1.29 is 22.7 Å². The molecule has 0 radical (unpaired) electrons. The lowest BCUT2D eigenvalue weighted by atomic mass is 10.1. The molecule has 2 heterocycles. The van der Waals surface area contributed by atoms with Gasteiger partial charge in [-0.1, -0.05) is 18.2 Å². The van der Waals surface area contributed by atoms with E-state index in [0.717, 1.165) is 31.0 Å². The van der Waals surface area contributed by atoms with Crippen molar-refractivity contribution in [3.05, 3.63) is 81.7 Å². The summed E-state index contributed by atoms with van der Waals surface area (Å²) in [5.41, 5.74) is -0.0497. The number of carbonyl (C=O) groups excluding carboxylic acids is 1. The van der Waals surface area contributed by atoms with Crippen LogP contribution in [0.3, 0.4) is 0 Å². The summed E-state index contributed by atoms with van der Waals surface area (Å²) < 4.78 is 38.8. The van der Waals surface area contributed by atoms with Crippen LogP contribution in [0.25, 0.3) is 11.0 Å². The normalized spacial score (nSPS) is 16.3. The Labute approximate surface area is 165 Å². The second kappa shape index (κ2) is 8.13. The Kier molecular flexibility index (Phi) is 5.40. The quantitative estimate of drug-likeness (QED) is 0.653. The Balaban J connectivity index is 1.68. The number of hydrogen-bond donors (Lipinski definition) is 0. The Hall–Kier alpha value is -3.06. The average Bonchev–Trinajstić information content (AvgIpc) is 3.22. The van der Waals surface area contributed by atoms with Crippen molar-refractivity contribution in [3.8, 4) is 0 Å². The van der Waals surface area contributed by atoms with Gasteiger partial charge in [0.15, 0.2) is 11.2 Å². The van der Waals surface area contributed by atoms with Crippen LogP contribution in [0.1, 0.15) is 29.0 Å². The van der Waals surface area contributed by atoms with Crippen molar-refractivity contribution in [3.63, 3.8) is 0 Å². The molecule has 1 saturated heterocycles. The summed E-state index contributed by atoms with van der Waals surface area (Å²) in [6.45, 7) is 0.873. The zero-order valence-corrected chi connectivity index (χ0v) is 15.6. The van der Waals surface area contributed by atoms with E-state index in [4.69, 9.17) is 9.15 Å². The predicted octanol–water partition coefficient (Wildman–Crippen LogP) is 3.89. The van der Waals surface area contributed by atoms with Gasteiger partial charge >= 0.3 is 0 Å². The summed E-state index contributed by atoms with van der Waals surface area (Å²) in [6, 6.07) is 10.8. The highest BCUT2D eigenvalue weighted by Crippen LogP contribution is 2.20. The predicted molar refractivity (Wildman–Crippen MR) is 103 cm³/mol. The first-order chi connectivity index (χ1) is 14.0. The number of nitrogens with zero attached hydrogens (tertiary/aromatic N) is 1. The number of benzene rings is 2. The van der Waals surface area contributed by atoms with Crippen molar-refractivity contribution >= 4 is 16.9 Å². The Morgan fingerprint density at radius 2 is 1.97 bits per heavy atom. The molecular formula is C22H19F2NO4. The molecular weight excluding hydrogens is 380 g/mol. The zero-order valence-electron chi connectivity index (χ0n) is 15.6. The van der Waals surface area contributed by atoms with Crippen LogP contribution < -0.4 is 5.43 Å². The van der Waals surface area contributed by atoms with E-state index >= 15 is 0 Å². The van der Waals surface area contributed by atoms with Gasteiger partial charge in [0, 0.05) is 31.3 Å². The van der Waals surface area contributed by atoms with Gasteiger partial charge in [-0.15, -0.1) is 0 Å². The highest BCUT2D eigenvalue weighted by molar-refractivity contribution is 5.93. The molecule has 4 rings (SSSR count). The molecule has 1 unspecified atom stereocenters. The first-order valence-electron chi connectivity index (χ1n) is 9.39. The number of ether oxygens (including phenoxy) is 1. The average molecular weight is 399 g/mol. The van der Waals surface area contributed by atoms with E-state index in [9.17, 15) is 18.4 Å². The standard InChI is InChI=1S/C22H19F2NO4/c23-15-7-8-20-17(10-15)19(26)11-21(29-20)22(27)25(13-16-5-3-9-28-16)12-14-4-1-2-6-18(14)24/h1-2,4,6-8,10-11,16H,3,5,9,12-13H2. The fourth-order valence-electron chi connectivity index (χ4n) is 3.48. The first-order valence-corrected chi connectivity index (χ1v) is 9.39. The second-order valence-corrected chi connectivity index (χ2v) is 7.03. The third kappa shape index (κ3) is 4.19. The van der Waals surface area contributed by atoms with Gasteiger partial charge in [0.2, 0.25) is 0 Å². The SMILES string of the molecule is O=C(c1cc(=O)c2cc(F)ccc2o1)N(Cc1ccccc1F)CC1CCCO1. The third-order valence-corrected chi connectivity index (χ3v) is 4.95. The summed E-state index contributed by atoms with van der Waals surface area (Å²) >= 11 is 0. The van der Waals surface area contributed by atoms with Crippen LogP contribution in [0.15, 0.2) is 57.7 Å². The molecule has 2 aromatic carbocycles. The summed E-state index contributed by atoms with van der Waals surface area (Å²) in [7, 11) is 0. The molecule has 7 heteroatoms. The highest BCUT2D eigenvalue weighted by atomic mass is 19.1. The Bertz CT molecular complexity index is 1110. The molecule has 0 saturated carbocycles. The molecule has 150 valence electrons. The minimum absolute atomic E-state index is 0.0104. The van der Waals surface area contributed by atoms with Gasteiger partial charge in [0.25, 0.3) is 5.91 Å². The van der Waals surface area contributed by atoms with Crippen LogP contribution in [0.5, 0.6) is 0 Å². The van der Waals surface area contributed by atoms with Gasteiger partial charge in [0.1, 0.15) is 17.2 Å². The zero-order chi connectivity index (χ0) is 20.4. The topological polar surface area (TPSA) is 59.8 Å². The monoisotopic (exact) mass is 399 g/mol. The van der Waals surface area contributed by atoms with Crippen molar-refractivity contribution in [2.75, 3.05) is 13.2 Å². The van der Waals surface area contributed by atoms with Crippen molar-refractivity contribution in [1.29, 1.82) is 0 Å². The van der Waals surface area contributed by atoms with Crippen LogP contribution in [-0.4, -0.2) is 30.1 Å². The lowest BCUT2D eigenvalue weighted by Crippen LogP contribution is -2.37. The van der Waals surface area contributed by atoms with Crippen LogP contribution in [0, 0.1) is 11.6 Å². The summed E-state index contributed by atoms with van der Waals surface area (Å²) in [5, 5.41) is 0.0568. The number of halogens is 2. The molecule has 0 bridgehead atoms. The van der Waals surface area contributed by atoms with E-state index in [1.165, 1.54) is 17.0 Å². The molecule has 1 fully saturated rings. The van der Waals surface area contributed by atoms with Gasteiger partial charge in [-0.3, -0.25) is 9.59 Å². The number of fused-ring (bicyclic) bond motifs is 1. The molecule has 5 nitrogen and oxygen atoms in total. The number of amides is 1. The molecule has 1 aliphatic rings. The van der Waals surface area contributed by atoms with Crippen LogP contribution in [0.2, 0.25) is 0 Å². The first kappa shape index (κ1) is 19.3. The number of rotatable bonds is 5. The maximum atomic E-state index is 14.2. The van der Waals surface area contributed by atoms with Gasteiger partial charge < -0.3 is 14.1 Å². The molecule has 0 N–H and O–H groups in total. The van der Waals surface area contributed by atoms with E-state index < -0.39 is 23.0 Å². The van der Waals surface area contributed by atoms with E-state index in [2.05, 4.69) is 0 Å². The van der Waals surface area contributed by atoms with Gasteiger partial charge in [-0.05, 0) is 37.1 Å². The van der Waals surface area contributed by atoms with E-state index in [1.807, 2.05) is 0 Å². The van der Waals surface area contributed by atoms with Gasteiger partial charge in [0.05, 0.1) is 11.5 Å². The summed E-state index contributed by atoms with van der Waals surface area (Å²) in [5.74, 6) is -1.72. The maximum Gasteiger partial charge on any atom is 0.290 e. The Morgan fingerprint density at radius 1 is 1.14 bits per heavy atom. The molecule has 1 amide bonds. The molecule has 0 spiro atoms. The Morgan fingerprint density at radius 3 is 2.72 bits per heavy atom. The molecule has 1 aliphatic heterocycles. The van der Waals surface area contributed by atoms with E-state index in [1.54, 1.807) is 18.2 Å². The van der Waals surface area contributed by atoms with E-state index in [0.29, 0.717) is 12.2 Å². The summed E-state index contributed by atoms with van der Waals surface area (Å²) in [4.78, 5) is 26.9. The summed E-state index contributed by atoms with van der Waals surface area (Å²) in [6.07, 6.45) is 1.53.